The summed E-state index contributed by atoms with van der Waals surface area (Å²) in [7, 11) is 3.11. The van der Waals surface area contributed by atoms with Crippen LogP contribution >= 0.6 is 0 Å². The second-order valence-electron chi connectivity index (χ2n) is 5.23. The van der Waals surface area contributed by atoms with Gasteiger partial charge in [-0.05, 0) is 36.2 Å². The molecule has 0 aliphatic carbocycles. The zero-order valence-corrected chi connectivity index (χ0v) is 13.9. The lowest BCUT2D eigenvalue weighted by Crippen LogP contribution is -2.25. The van der Waals surface area contributed by atoms with Crippen molar-refractivity contribution in [2.45, 2.75) is 6.42 Å². The first-order valence-corrected chi connectivity index (χ1v) is 7.49. The summed E-state index contributed by atoms with van der Waals surface area (Å²) in [5.41, 5.74) is 6.41. The number of nitro groups is 1. The van der Waals surface area contributed by atoms with Gasteiger partial charge in [0.1, 0.15) is 5.69 Å². The van der Waals surface area contributed by atoms with Gasteiger partial charge in [0.25, 0.3) is 11.6 Å². The third-order valence-electron chi connectivity index (χ3n) is 3.64. The number of nitro benzene ring substituents is 1. The predicted molar refractivity (Wildman–Crippen MR) is 93.1 cm³/mol. The summed E-state index contributed by atoms with van der Waals surface area (Å²) in [5, 5.41) is 13.6. The third kappa shape index (κ3) is 4.37. The number of methoxy groups -OCH3 is 2. The molecule has 0 spiro atoms. The highest BCUT2D eigenvalue weighted by atomic mass is 16.6. The van der Waals surface area contributed by atoms with Crippen LogP contribution in [-0.2, 0) is 6.42 Å². The number of anilines is 1. The molecule has 0 saturated heterocycles. The van der Waals surface area contributed by atoms with E-state index >= 15 is 0 Å². The maximum absolute atomic E-state index is 12.1. The Hall–Kier alpha value is -3.29. The second kappa shape index (κ2) is 8.00. The van der Waals surface area contributed by atoms with Gasteiger partial charge in [0, 0.05) is 18.2 Å². The number of nitrogen functional groups attached to an aromatic ring is 1. The Morgan fingerprint density at radius 2 is 1.88 bits per heavy atom. The van der Waals surface area contributed by atoms with Gasteiger partial charge < -0.3 is 20.5 Å². The van der Waals surface area contributed by atoms with Crippen LogP contribution in [0.3, 0.4) is 0 Å². The fourth-order valence-corrected chi connectivity index (χ4v) is 2.30. The van der Waals surface area contributed by atoms with Crippen LogP contribution in [0.15, 0.2) is 36.4 Å². The van der Waals surface area contributed by atoms with E-state index in [-0.39, 0.29) is 16.9 Å². The van der Waals surface area contributed by atoms with Crippen LogP contribution in [0.4, 0.5) is 11.4 Å². The van der Waals surface area contributed by atoms with Gasteiger partial charge >= 0.3 is 0 Å². The van der Waals surface area contributed by atoms with Gasteiger partial charge in [-0.15, -0.1) is 0 Å². The molecule has 0 aromatic heterocycles. The molecule has 0 saturated carbocycles. The molecule has 0 bridgehead atoms. The fourth-order valence-electron chi connectivity index (χ4n) is 2.30. The molecule has 3 N–H and O–H groups in total. The van der Waals surface area contributed by atoms with E-state index in [0.29, 0.717) is 24.5 Å². The van der Waals surface area contributed by atoms with Crippen molar-refractivity contribution in [1.29, 1.82) is 0 Å². The number of nitrogens with two attached hydrogens (primary N) is 1. The number of rotatable bonds is 7. The minimum absolute atomic E-state index is 0.0203. The van der Waals surface area contributed by atoms with E-state index in [1.807, 2.05) is 12.1 Å². The lowest BCUT2D eigenvalue weighted by molar-refractivity contribution is -0.383. The summed E-state index contributed by atoms with van der Waals surface area (Å²) in [4.78, 5) is 22.4. The molecule has 2 aromatic carbocycles. The largest absolute Gasteiger partial charge is 0.493 e. The van der Waals surface area contributed by atoms with Crippen molar-refractivity contribution in [1.82, 2.24) is 5.32 Å². The number of nitrogens with one attached hydrogen (secondary N) is 1. The first-order chi connectivity index (χ1) is 12.0. The Bertz CT molecular complexity index is 792. The molecule has 0 aliphatic heterocycles. The number of carbonyl (C=O) groups is 1. The van der Waals surface area contributed by atoms with Crippen molar-refractivity contribution in [2.75, 3.05) is 26.5 Å². The van der Waals surface area contributed by atoms with Gasteiger partial charge in [0.15, 0.2) is 11.5 Å². The summed E-state index contributed by atoms with van der Waals surface area (Å²) in [6, 6.07) is 9.47. The lowest BCUT2D eigenvalue weighted by atomic mass is 10.1. The van der Waals surface area contributed by atoms with Crippen LogP contribution in [0, 0.1) is 10.1 Å². The summed E-state index contributed by atoms with van der Waals surface area (Å²) < 4.78 is 10.4. The van der Waals surface area contributed by atoms with E-state index in [0.717, 1.165) is 5.56 Å². The van der Waals surface area contributed by atoms with E-state index in [1.54, 1.807) is 20.3 Å². The number of benzene rings is 2. The van der Waals surface area contributed by atoms with Gasteiger partial charge in [-0.25, -0.2) is 0 Å². The molecule has 0 heterocycles. The van der Waals surface area contributed by atoms with Crippen molar-refractivity contribution in [2.24, 2.45) is 0 Å². The smallest absolute Gasteiger partial charge is 0.292 e. The zero-order valence-electron chi connectivity index (χ0n) is 13.9. The molecular weight excluding hydrogens is 326 g/mol. The number of carbonyl (C=O) groups excluding carboxylic acids is 1. The first-order valence-electron chi connectivity index (χ1n) is 7.49. The fraction of sp³-hybridized carbons (Fsp3) is 0.235. The molecule has 0 unspecified atom stereocenters. The summed E-state index contributed by atoms with van der Waals surface area (Å²) in [6.07, 6.45) is 0.573. The number of amides is 1. The number of hydrogen-bond acceptors (Lipinski definition) is 6. The monoisotopic (exact) mass is 345 g/mol. The van der Waals surface area contributed by atoms with Crippen molar-refractivity contribution in [3.05, 3.63) is 57.6 Å². The van der Waals surface area contributed by atoms with Crippen molar-refractivity contribution >= 4 is 17.3 Å². The van der Waals surface area contributed by atoms with Crippen molar-refractivity contribution in [3.63, 3.8) is 0 Å². The topological polar surface area (TPSA) is 117 Å². The van der Waals surface area contributed by atoms with E-state index in [9.17, 15) is 14.9 Å². The van der Waals surface area contributed by atoms with E-state index < -0.39 is 10.8 Å². The number of hydrogen-bond donors (Lipinski definition) is 2. The Morgan fingerprint density at radius 3 is 2.52 bits per heavy atom. The molecule has 25 heavy (non-hydrogen) atoms. The average molecular weight is 345 g/mol. The molecule has 132 valence electrons. The van der Waals surface area contributed by atoms with Gasteiger partial charge in [-0.2, -0.15) is 0 Å². The van der Waals surface area contributed by atoms with Gasteiger partial charge in [-0.3, -0.25) is 14.9 Å². The lowest BCUT2D eigenvalue weighted by Gasteiger charge is -2.10. The van der Waals surface area contributed by atoms with Crippen LogP contribution in [0.1, 0.15) is 15.9 Å². The van der Waals surface area contributed by atoms with E-state index in [4.69, 9.17) is 15.2 Å². The van der Waals surface area contributed by atoms with Crippen LogP contribution < -0.4 is 20.5 Å². The summed E-state index contributed by atoms with van der Waals surface area (Å²) >= 11 is 0. The minimum Gasteiger partial charge on any atom is -0.493 e. The molecule has 2 aromatic rings. The molecule has 8 heteroatoms. The number of ether oxygens (including phenoxy) is 2. The predicted octanol–water partition coefficient (Wildman–Crippen LogP) is 2.17. The maximum Gasteiger partial charge on any atom is 0.292 e. The van der Waals surface area contributed by atoms with Crippen LogP contribution in [-0.4, -0.2) is 31.6 Å². The molecule has 2 rings (SSSR count). The maximum atomic E-state index is 12.1. The molecule has 0 atom stereocenters. The molecule has 0 radical (unpaired) electrons. The second-order valence-corrected chi connectivity index (χ2v) is 5.23. The Kier molecular flexibility index (Phi) is 5.78. The minimum atomic E-state index is -0.615. The molecular formula is C17H19N3O5. The first kappa shape index (κ1) is 18.1. The normalized spacial score (nSPS) is 10.2. The molecule has 0 aliphatic rings. The van der Waals surface area contributed by atoms with Crippen LogP contribution in [0.5, 0.6) is 11.5 Å². The van der Waals surface area contributed by atoms with Gasteiger partial charge in [0.05, 0.1) is 19.1 Å². The van der Waals surface area contributed by atoms with Crippen LogP contribution in [0.25, 0.3) is 0 Å². The van der Waals surface area contributed by atoms with Crippen LogP contribution in [0.2, 0.25) is 0 Å². The quantitative estimate of drug-likeness (QED) is 0.451. The third-order valence-corrected chi connectivity index (χ3v) is 3.64. The summed E-state index contributed by atoms with van der Waals surface area (Å²) in [6.45, 7) is 0.368. The van der Waals surface area contributed by atoms with Gasteiger partial charge in [0.2, 0.25) is 0 Å². The molecule has 0 fully saturated rings. The Labute approximate surface area is 144 Å². The highest BCUT2D eigenvalue weighted by Gasteiger charge is 2.15. The zero-order chi connectivity index (χ0) is 18.4. The highest BCUT2D eigenvalue weighted by molar-refractivity contribution is 5.95. The average Bonchev–Trinajstić information content (AvgIpc) is 2.61. The molecule has 1 amide bonds. The molecule has 8 nitrogen and oxygen atoms in total. The van der Waals surface area contributed by atoms with Crippen molar-refractivity contribution in [3.8, 4) is 11.5 Å². The SMILES string of the molecule is COc1ccc(CCNC(=O)c2ccc(N)c([N+](=O)[O-])c2)cc1OC. The van der Waals surface area contributed by atoms with E-state index in [1.165, 1.54) is 18.2 Å². The standard InChI is InChI=1S/C17H19N3O5/c1-24-15-6-3-11(9-16(15)25-2)7-8-19-17(21)12-4-5-13(18)14(10-12)20(22)23/h3-6,9-10H,7-8,18H2,1-2H3,(H,19,21). The van der Waals surface area contributed by atoms with Gasteiger partial charge in [-0.1, -0.05) is 6.07 Å². The Balaban J connectivity index is 1.99. The Morgan fingerprint density at radius 1 is 1.16 bits per heavy atom. The van der Waals surface area contributed by atoms with E-state index in [2.05, 4.69) is 5.32 Å². The highest BCUT2D eigenvalue weighted by Crippen LogP contribution is 2.27. The summed E-state index contributed by atoms with van der Waals surface area (Å²) in [5.74, 6) is 0.841. The van der Waals surface area contributed by atoms with Crippen molar-refractivity contribution < 1.29 is 19.2 Å². The number of nitrogens with zero attached hydrogens (tertiary/aromatic N) is 1.